The van der Waals surface area contributed by atoms with Crippen LogP contribution in [0.4, 0.5) is 0 Å². The van der Waals surface area contributed by atoms with Crippen molar-refractivity contribution < 1.29 is 14.6 Å². The smallest absolute Gasteiger partial charge is 0.320 e. The Balaban J connectivity index is 1.57. The summed E-state index contributed by atoms with van der Waals surface area (Å²) in [5.41, 5.74) is 1.43. The van der Waals surface area contributed by atoms with Crippen molar-refractivity contribution in [3.8, 4) is 34.5 Å². The van der Waals surface area contributed by atoms with Crippen LogP contribution in [0.3, 0.4) is 0 Å². The van der Waals surface area contributed by atoms with Gasteiger partial charge in [-0.15, -0.1) is 0 Å². The maximum absolute atomic E-state index is 10.5. The van der Waals surface area contributed by atoms with Crippen molar-refractivity contribution in [2.24, 2.45) is 0 Å². The average molecular weight is 450 g/mol. The molecule has 1 aromatic heterocycles. The van der Waals surface area contributed by atoms with Gasteiger partial charge in [-0.3, -0.25) is 0 Å². The SMILES string of the molecule is Oc1ccccc1-c1nc(OC2CCOCC2)nc(-c2cc3ccccc3c3ccccc23)n1. The summed E-state index contributed by atoms with van der Waals surface area (Å²) in [5.74, 6) is 1.000. The Labute approximate surface area is 196 Å². The number of hydrogen-bond acceptors (Lipinski definition) is 6. The Morgan fingerprint density at radius 3 is 2.15 bits per heavy atom. The molecule has 0 saturated carbocycles. The third-order valence-corrected chi connectivity index (χ3v) is 6.21. The highest BCUT2D eigenvalue weighted by molar-refractivity contribution is 6.13. The quantitative estimate of drug-likeness (QED) is 0.351. The summed E-state index contributed by atoms with van der Waals surface area (Å²) in [6, 6.07) is 26.0. The molecule has 6 nitrogen and oxygen atoms in total. The van der Waals surface area contributed by atoms with Crippen LogP contribution in [0.25, 0.3) is 44.3 Å². The minimum Gasteiger partial charge on any atom is -0.507 e. The highest BCUT2D eigenvalue weighted by atomic mass is 16.5. The molecule has 0 amide bonds. The van der Waals surface area contributed by atoms with Crippen molar-refractivity contribution in [3.63, 3.8) is 0 Å². The second kappa shape index (κ2) is 8.72. The highest BCUT2D eigenvalue weighted by Crippen LogP contribution is 2.35. The number of rotatable bonds is 4. The number of para-hydroxylation sites is 1. The van der Waals surface area contributed by atoms with Crippen molar-refractivity contribution in [3.05, 3.63) is 78.9 Å². The van der Waals surface area contributed by atoms with Gasteiger partial charge in [-0.05, 0) is 39.7 Å². The summed E-state index contributed by atoms with van der Waals surface area (Å²) in [5, 5.41) is 15.0. The monoisotopic (exact) mass is 449 g/mol. The van der Waals surface area contributed by atoms with E-state index in [-0.39, 0.29) is 17.9 Å². The van der Waals surface area contributed by atoms with Crippen molar-refractivity contribution >= 4 is 21.5 Å². The van der Waals surface area contributed by atoms with E-state index in [2.05, 4.69) is 35.3 Å². The number of nitrogens with zero attached hydrogens (tertiary/aromatic N) is 3. The first kappa shape index (κ1) is 20.6. The molecule has 1 N–H and O–H groups in total. The number of aromatic hydroxyl groups is 1. The van der Waals surface area contributed by atoms with E-state index in [0.29, 0.717) is 30.4 Å². The van der Waals surface area contributed by atoms with E-state index in [1.807, 2.05) is 30.3 Å². The number of aromatic nitrogens is 3. The van der Waals surface area contributed by atoms with Crippen LogP contribution in [0, 0.1) is 0 Å². The van der Waals surface area contributed by atoms with E-state index in [9.17, 15) is 5.11 Å². The van der Waals surface area contributed by atoms with Crippen molar-refractivity contribution in [2.45, 2.75) is 18.9 Å². The third kappa shape index (κ3) is 3.82. The zero-order chi connectivity index (χ0) is 22.9. The van der Waals surface area contributed by atoms with Crippen molar-refractivity contribution in [2.75, 3.05) is 13.2 Å². The molecule has 1 fully saturated rings. The molecule has 6 heteroatoms. The number of fused-ring (bicyclic) bond motifs is 3. The average Bonchev–Trinajstić information content (AvgIpc) is 2.89. The first-order chi connectivity index (χ1) is 16.8. The lowest BCUT2D eigenvalue weighted by molar-refractivity contribution is 0.0217. The first-order valence-electron chi connectivity index (χ1n) is 11.5. The van der Waals surface area contributed by atoms with Crippen LogP contribution in [0.5, 0.6) is 11.8 Å². The van der Waals surface area contributed by atoms with Gasteiger partial charge in [0.2, 0.25) is 0 Å². The van der Waals surface area contributed by atoms with Crippen molar-refractivity contribution in [1.82, 2.24) is 15.0 Å². The highest BCUT2D eigenvalue weighted by Gasteiger charge is 2.20. The molecule has 2 heterocycles. The first-order valence-corrected chi connectivity index (χ1v) is 11.5. The Bertz CT molecular complexity index is 1500. The Morgan fingerprint density at radius 1 is 0.706 bits per heavy atom. The molecule has 0 atom stereocenters. The van der Waals surface area contributed by atoms with Crippen LogP contribution in [0.1, 0.15) is 12.8 Å². The topological polar surface area (TPSA) is 77.4 Å². The minimum absolute atomic E-state index is 0.0189. The number of phenols is 1. The molecule has 1 aliphatic rings. The van der Waals surface area contributed by atoms with Gasteiger partial charge >= 0.3 is 6.01 Å². The largest absolute Gasteiger partial charge is 0.507 e. The number of benzene rings is 4. The maximum atomic E-state index is 10.5. The van der Waals surface area contributed by atoms with E-state index in [4.69, 9.17) is 19.4 Å². The fraction of sp³-hybridized carbons (Fsp3) is 0.179. The predicted octanol–water partition coefficient (Wildman–Crippen LogP) is 5.78. The van der Waals surface area contributed by atoms with E-state index in [0.717, 1.165) is 34.6 Å². The van der Waals surface area contributed by atoms with E-state index in [1.54, 1.807) is 18.2 Å². The van der Waals surface area contributed by atoms with Crippen LogP contribution >= 0.6 is 0 Å². The molecular weight excluding hydrogens is 426 g/mol. The van der Waals surface area contributed by atoms with E-state index >= 15 is 0 Å². The molecule has 0 aliphatic carbocycles. The zero-order valence-corrected chi connectivity index (χ0v) is 18.5. The van der Waals surface area contributed by atoms with Gasteiger partial charge in [0.15, 0.2) is 11.6 Å². The lowest BCUT2D eigenvalue weighted by atomic mass is 9.97. The van der Waals surface area contributed by atoms with Gasteiger partial charge in [-0.25, -0.2) is 4.98 Å². The lowest BCUT2D eigenvalue weighted by Gasteiger charge is -2.22. The number of hydrogen-bond donors (Lipinski definition) is 1. The van der Waals surface area contributed by atoms with Crippen LogP contribution < -0.4 is 4.74 Å². The van der Waals surface area contributed by atoms with E-state index < -0.39 is 0 Å². The summed E-state index contributed by atoms with van der Waals surface area (Å²) < 4.78 is 11.7. The Kier molecular flexibility index (Phi) is 5.28. The molecule has 0 bridgehead atoms. The van der Waals surface area contributed by atoms with Crippen LogP contribution in [-0.4, -0.2) is 39.4 Å². The minimum atomic E-state index is -0.0189. The molecule has 6 rings (SSSR count). The summed E-state index contributed by atoms with van der Waals surface area (Å²) in [4.78, 5) is 14.1. The molecule has 0 unspecified atom stereocenters. The van der Waals surface area contributed by atoms with Crippen LogP contribution in [0.15, 0.2) is 78.9 Å². The molecule has 0 radical (unpaired) electrons. The predicted molar refractivity (Wildman–Crippen MR) is 132 cm³/mol. The molecule has 168 valence electrons. The molecular formula is C28H23N3O3. The lowest BCUT2D eigenvalue weighted by Crippen LogP contribution is -2.26. The van der Waals surface area contributed by atoms with Gasteiger partial charge in [-0.1, -0.05) is 60.7 Å². The van der Waals surface area contributed by atoms with Gasteiger partial charge in [-0.2, -0.15) is 9.97 Å². The van der Waals surface area contributed by atoms with Crippen molar-refractivity contribution in [1.29, 1.82) is 0 Å². The second-order valence-electron chi connectivity index (χ2n) is 8.40. The molecule has 4 aromatic carbocycles. The standard InChI is InChI=1S/C28H23N3O3/c32-25-12-6-5-11-23(25)26-29-27(31-28(30-26)34-19-13-15-33-16-14-19)24-17-18-7-1-2-8-20(18)21-9-3-4-10-22(21)24/h1-12,17,19,32H,13-16H2. The van der Waals surface area contributed by atoms with Gasteiger partial charge in [0.25, 0.3) is 0 Å². The summed E-state index contributed by atoms with van der Waals surface area (Å²) in [7, 11) is 0. The Morgan fingerprint density at radius 2 is 1.35 bits per heavy atom. The fourth-order valence-corrected chi connectivity index (χ4v) is 4.49. The number of phenolic OH excluding ortho intramolecular Hbond substituents is 1. The van der Waals surface area contributed by atoms with Gasteiger partial charge in [0.05, 0.1) is 18.8 Å². The molecule has 5 aromatic rings. The van der Waals surface area contributed by atoms with E-state index in [1.165, 1.54) is 5.39 Å². The van der Waals surface area contributed by atoms with Gasteiger partial charge < -0.3 is 14.6 Å². The summed E-state index contributed by atoms with van der Waals surface area (Å²) >= 11 is 0. The summed E-state index contributed by atoms with van der Waals surface area (Å²) in [6.07, 6.45) is 1.55. The molecule has 34 heavy (non-hydrogen) atoms. The Hall–Kier alpha value is -4.03. The molecule has 1 saturated heterocycles. The molecule has 0 spiro atoms. The normalized spacial score (nSPS) is 14.5. The summed E-state index contributed by atoms with van der Waals surface area (Å²) in [6.45, 7) is 1.31. The molecule has 1 aliphatic heterocycles. The third-order valence-electron chi connectivity index (χ3n) is 6.21. The zero-order valence-electron chi connectivity index (χ0n) is 18.5. The maximum Gasteiger partial charge on any atom is 0.320 e. The van der Waals surface area contributed by atoms with Gasteiger partial charge in [0, 0.05) is 18.4 Å². The second-order valence-corrected chi connectivity index (χ2v) is 8.40. The van der Waals surface area contributed by atoms with Gasteiger partial charge in [0.1, 0.15) is 11.9 Å². The van der Waals surface area contributed by atoms with Crippen LogP contribution in [0.2, 0.25) is 0 Å². The van der Waals surface area contributed by atoms with Crippen LogP contribution in [-0.2, 0) is 4.74 Å². The number of ether oxygens (including phenoxy) is 2. The fourth-order valence-electron chi connectivity index (χ4n) is 4.49.